The molecule has 2 nitrogen and oxygen atoms in total. The summed E-state index contributed by atoms with van der Waals surface area (Å²) in [6, 6.07) is 7.47. The van der Waals surface area contributed by atoms with Gasteiger partial charge in [-0.1, -0.05) is 24.3 Å². The standard InChI is InChI=1S/C11H10O2/c1-2-5-10-8-6-3-4-7-9(8)11(12)13-10/h2-7,10H,1H3/b5-2+. The molecule has 0 spiro atoms. The molecule has 1 aromatic rings. The minimum Gasteiger partial charge on any atom is -0.450 e. The number of carbonyl (C=O) groups is 1. The Hall–Kier alpha value is -1.57. The maximum atomic E-state index is 11.3. The average molecular weight is 174 g/mol. The number of carbonyl (C=O) groups excluding carboxylic acids is 1. The van der Waals surface area contributed by atoms with Crippen LogP contribution in [0.15, 0.2) is 36.4 Å². The van der Waals surface area contributed by atoms with Gasteiger partial charge in [-0.25, -0.2) is 4.79 Å². The molecule has 13 heavy (non-hydrogen) atoms. The summed E-state index contributed by atoms with van der Waals surface area (Å²) in [5.74, 6) is -0.223. The molecule has 0 radical (unpaired) electrons. The monoisotopic (exact) mass is 174 g/mol. The Bertz CT molecular complexity index is 366. The topological polar surface area (TPSA) is 26.3 Å². The first-order valence-electron chi connectivity index (χ1n) is 4.25. The van der Waals surface area contributed by atoms with Crippen molar-refractivity contribution in [3.8, 4) is 0 Å². The average Bonchev–Trinajstić information content (AvgIpc) is 2.46. The third-order valence-electron chi connectivity index (χ3n) is 2.09. The fourth-order valence-corrected chi connectivity index (χ4v) is 1.49. The zero-order valence-corrected chi connectivity index (χ0v) is 7.36. The van der Waals surface area contributed by atoms with Crippen molar-refractivity contribution in [2.24, 2.45) is 0 Å². The summed E-state index contributed by atoms with van der Waals surface area (Å²) in [7, 11) is 0. The lowest BCUT2D eigenvalue weighted by Crippen LogP contribution is -1.94. The van der Waals surface area contributed by atoms with Crippen molar-refractivity contribution in [1.82, 2.24) is 0 Å². The third kappa shape index (κ3) is 1.24. The van der Waals surface area contributed by atoms with Crippen molar-refractivity contribution in [3.63, 3.8) is 0 Å². The molecule has 66 valence electrons. The highest BCUT2D eigenvalue weighted by molar-refractivity contribution is 5.94. The van der Waals surface area contributed by atoms with Crippen LogP contribution in [0.3, 0.4) is 0 Å². The molecule has 0 aromatic heterocycles. The first-order chi connectivity index (χ1) is 6.33. The Balaban J connectivity index is 2.47. The SMILES string of the molecule is C/C=C/C1OC(=O)c2ccccc21. The second kappa shape index (κ2) is 3.05. The van der Waals surface area contributed by atoms with Crippen LogP contribution in [-0.4, -0.2) is 5.97 Å². The zero-order valence-electron chi connectivity index (χ0n) is 7.36. The van der Waals surface area contributed by atoms with E-state index < -0.39 is 0 Å². The van der Waals surface area contributed by atoms with Crippen molar-refractivity contribution < 1.29 is 9.53 Å². The molecule has 2 heteroatoms. The van der Waals surface area contributed by atoms with Crippen LogP contribution in [0.2, 0.25) is 0 Å². The molecule has 1 heterocycles. The highest BCUT2D eigenvalue weighted by Crippen LogP contribution is 2.30. The molecular weight excluding hydrogens is 164 g/mol. The second-order valence-electron chi connectivity index (χ2n) is 2.94. The summed E-state index contributed by atoms with van der Waals surface area (Å²) in [4.78, 5) is 11.3. The molecule has 1 aromatic carbocycles. The Morgan fingerprint density at radius 2 is 2.15 bits per heavy atom. The van der Waals surface area contributed by atoms with Gasteiger partial charge in [0.15, 0.2) is 0 Å². The molecule has 0 fully saturated rings. The third-order valence-corrected chi connectivity index (χ3v) is 2.09. The van der Waals surface area contributed by atoms with Crippen molar-refractivity contribution in [3.05, 3.63) is 47.5 Å². The molecule has 1 aliphatic rings. The van der Waals surface area contributed by atoms with Crippen molar-refractivity contribution in [2.75, 3.05) is 0 Å². The summed E-state index contributed by atoms with van der Waals surface area (Å²) in [6.45, 7) is 1.91. The Morgan fingerprint density at radius 1 is 1.38 bits per heavy atom. The van der Waals surface area contributed by atoms with E-state index in [1.807, 2.05) is 37.3 Å². The van der Waals surface area contributed by atoms with Gasteiger partial charge < -0.3 is 4.74 Å². The highest BCUT2D eigenvalue weighted by Gasteiger charge is 2.27. The van der Waals surface area contributed by atoms with Gasteiger partial charge in [0, 0.05) is 5.56 Å². The zero-order chi connectivity index (χ0) is 9.26. The van der Waals surface area contributed by atoms with E-state index in [-0.39, 0.29) is 12.1 Å². The summed E-state index contributed by atoms with van der Waals surface area (Å²) < 4.78 is 5.15. The molecule has 2 rings (SSSR count). The summed E-state index contributed by atoms with van der Waals surface area (Å²) in [5, 5.41) is 0. The quantitative estimate of drug-likeness (QED) is 0.483. The Morgan fingerprint density at radius 3 is 2.92 bits per heavy atom. The van der Waals surface area contributed by atoms with E-state index in [9.17, 15) is 4.79 Å². The lowest BCUT2D eigenvalue weighted by atomic mass is 10.1. The van der Waals surface area contributed by atoms with Gasteiger partial charge in [-0.15, -0.1) is 0 Å². The lowest BCUT2D eigenvalue weighted by Gasteiger charge is -2.02. The van der Waals surface area contributed by atoms with Gasteiger partial charge in [0.25, 0.3) is 0 Å². The number of allylic oxidation sites excluding steroid dienone is 1. The van der Waals surface area contributed by atoms with Crippen LogP contribution < -0.4 is 0 Å². The number of esters is 1. The Kier molecular flexibility index (Phi) is 1.89. The van der Waals surface area contributed by atoms with Crippen LogP contribution in [0.5, 0.6) is 0 Å². The number of cyclic esters (lactones) is 1. The predicted molar refractivity (Wildman–Crippen MR) is 49.4 cm³/mol. The highest BCUT2D eigenvalue weighted by atomic mass is 16.5. The van der Waals surface area contributed by atoms with E-state index in [0.717, 1.165) is 5.56 Å². The van der Waals surface area contributed by atoms with E-state index in [1.54, 1.807) is 6.07 Å². The van der Waals surface area contributed by atoms with E-state index >= 15 is 0 Å². The van der Waals surface area contributed by atoms with Crippen molar-refractivity contribution in [2.45, 2.75) is 13.0 Å². The normalized spacial score (nSPS) is 20.4. The minimum atomic E-state index is -0.223. The van der Waals surface area contributed by atoms with Crippen molar-refractivity contribution >= 4 is 5.97 Å². The van der Waals surface area contributed by atoms with E-state index in [4.69, 9.17) is 4.74 Å². The molecule has 0 saturated carbocycles. The van der Waals surface area contributed by atoms with Crippen LogP contribution in [0, 0.1) is 0 Å². The number of hydrogen-bond acceptors (Lipinski definition) is 2. The van der Waals surface area contributed by atoms with Gasteiger partial charge in [-0.2, -0.15) is 0 Å². The summed E-state index contributed by atoms with van der Waals surface area (Å²) in [6.07, 6.45) is 3.58. The van der Waals surface area contributed by atoms with Crippen LogP contribution in [0.1, 0.15) is 28.9 Å². The fraction of sp³-hybridized carbons (Fsp3) is 0.182. The number of benzene rings is 1. The largest absolute Gasteiger partial charge is 0.450 e. The van der Waals surface area contributed by atoms with Gasteiger partial charge in [0.2, 0.25) is 0 Å². The molecule has 0 amide bonds. The van der Waals surface area contributed by atoms with Gasteiger partial charge in [-0.05, 0) is 19.1 Å². The van der Waals surface area contributed by atoms with Gasteiger partial charge >= 0.3 is 5.97 Å². The smallest absolute Gasteiger partial charge is 0.339 e. The summed E-state index contributed by atoms with van der Waals surface area (Å²) in [5.41, 5.74) is 1.65. The van der Waals surface area contributed by atoms with E-state index in [0.29, 0.717) is 5.56 Å². The minimum absolute atomic E-state index is 0.186. The maximum Gasteiger partial charge on any atom is 0.339 e. The van der Waals surface area contributed by atoms with Crippen molar-refractivity contribution in [1.29, 1.82) is 0 Å². The molecule has 0 saturated heterocycles. The number of ether oxygens (including phenoxy) is 1. The number of rotatable bonds is 1. The molecule has 1 aliphatic heterocycles. The second-order valence-corrected chi connectivity index (χ2v) is 2.94. The van der Waals surface area contributed by atoms with E-state index in [2.05, 4.69) is 0 Å². The van der Waals surface area contributed by atoms with Crippen LogP contribution in [-0.2, 0) is 4.74 Å². The van der Waals surface area contributed by atoms with Crippen LogP contribution in [0.4, 0.5) is 0 Å². The molecule has 1 atom stereocenters. The molecule has 1 unspecified atom stereocenters. The van der Waals surface area contributed by atoms with Gasteiger partial charge in [0.05, 0.1) is 5.56 Å². The van der Waals surface area contributed by atoms with E-state index in [1.165, 1.54) is 0 Å². The van der Waals surface area contributed by atoms with Crippen LogP contribution in [0.25, 0.3) is 0 Å². The number of hydrogen-bond donors (Lipinski definition) is 0. The van der Waals surface area contributed by atoms with Gasteiger partial charge in [-0.3, -0.25) is 0 Å². The first kappa shape index (κ1) is 8.05. The molecule has 0 N–H and O–H groups in total. The summed E-state index contributed by atoms with van der Waals surface area (Å²) >= 11 is 0. The fourth-order valence-electron chi connectivity index (χ4n) is 1.49. The first-order valence-corrected chi connectivity index (χ1v) is 4.25. The number of fused-ring (bicyclic) bond motifs is 1. The molecule has 0 bridgehead atoms. The van der Waals surface area contributed by atoms with Gasteiger partial charge in [0.1, 0.15) is 6.10 Å². The maximum absolute atomic E-state index is 11.3. The molecular formula is C11H10O2. The Labute approximate surface area is 76.8 Å². The van der Waals surface area contributed by atoms with Crippen LogP contribution >= 0.6 is 0 Å². The predicted octanol–water partition coefficient (Wildman–Crippen LogP) is 2.47. The lowest BCUT2D eigenvalue weighted by molar-refractivity contribution is 0.0467. The molecule has 0 aliphatic carbocycles.